The Hall–Kier alpha value is -2.62. The average molecular weight is 390 g/mol. The number of anilines is 1. The number of carboxylic acid groups (broad SMARTS) is 1. The molecule has 0 aliphatic heterocycles. The van der Waals surface area contributed by atoms with Crippen LogP contribution in [0.3, 0.4) is 0 Å². The summed E-state index contributed by atoms with van der Waals surface area (Å²) in [5.41, 5.74) is -2.63. The highest BCUT2D eigenvalue weighted by Crippen LogP contribution is 2.37. The monoisotopic (exact) mass is 390 g/mol. The minimum Gasteiger partial charge on any atom is -0.545 e. The topological polar surface area (TPSA) is 77.5 Å². The zero-order valence-electron chi connectivity index (χ0n) is 13.2. The molecule has 0 bridgehead atoms. The van der Waals surface area contributed by atoms with Gasteiger partial charge in [-0.05, 0) is 18.2 Å². The van der Waals surface area contributed by atoms with E-state index in [0.717, 1.165) is 24.3 Å². The lowest BCUT2D eigenvalue weighted by Gasteiger charge is -2.26. The van der Waals surface area contributed by atoms with Crippen LogP contribution in [0.5, 0.6) is 0 Å². The van der Waals surface area contributed by atoms with Crippen LogP contribution in [0.1, 0.15) is 21.5 Å². The predicted octanol–water partition coefficient (Wildman–Crippen LogP) is 2.17. The molecule has 10 heteroatoms. The second kappa shape index (κ2) is 6.94. The van der Waals surface area contributed by atoms with Crippen LogP contribution in [-0.4, -0.2) is 20.6 Å². The van der Waals surface area contributed by atoms with Crippen molar-refractivity contribution in [3.05, 3.63) is 65.0 Å². The normalized spacial score (nSPS) is 12.0. The maximum Gasteiger partial charge on any atom is 0.418 e. The molecule has 0 saturated carbocycles. The van der Waals surface area contributed by atoms with E-state index in [1.165, 1.54) is 6.07 Å². The van der Waals surface area contributed by atoms with Crippen LogP contribution >= 0.6 is 0 Å². The fourth-order valence-corrected chi connectivity index (χ4v) is 3.16. The number of benzene rings is 2. The van der Waals surface area contributed by atoms with Gasteiger partial charge in [0.1, 0.15) is 5.82 Å². The number of aromatic carboxylic acids is 1. The van der Waals surface area contributed by atoms with Crippen molar-refractivity contribution in [3.8, 4) is 0 Å². The van der Waals surface area contributed by atoms with E-state index in [2.05, 4.69) is 0 Å². The summed E-state index contributed by atoms with van der Waals surface area (Å²) < 4.78 is 78.1. The number of carbonyl (C=O) groups is 1. The van der Waals surface area contributed by atoms with E-state index in [9.17, 15) is 35.9 Å². The lowest BCUT2D eigenvalue weighted by atomic mass is 10.1. The summed E-state index contributed by atoms with van der Waals surface area (Å²) in [6.07, 6.45) is -4.13. The molecule has 0 aromatic heterocycles. The number of rotatable bonds is 5. The van der Waals surface area contributed by atoms with Crippen molar-refractivity contribution in [1.82, 2.24) is 0 Å². The van der Waals surface area contributed by atoms with Crippen molar-refractivity contribution < 1.29 is 35.9 Å². The summed E-state index contributed by atoms with van der Waals surface area (Å²) in [4.78, 5) is 10.7. The molecular weight excluding hydrogens is 378 g/mol. The number of sulfonamides is 1. The molecule has 0 spiro atoms. The molecular formula is C16H12F4NO4S-. The Morgan fingerprint density at radius 2 is 1.77 bits per heavy atom. The molecule has 140 valence electrons. The highest BCUT2D eigenvalue weighted by atomic mass is 32.2. The zero-order chi connectivity index (χ0) is 19.7. The number of hydrogen-bond donors (Lipinski definition) is 0. The summed E-state index contributed by atoms with van der Waals surface area (Å²) in [6.45, 7) is -0.745. The highest BCUT2D eigenvalue weighted by Gasteiger charge is 2.36. The molecule has 0 atom stereocenters. The van der Waals surface area contributed by atoms with Gasteiger partial charge in [-0.15, -0.1) is 0 Å². The number of hydrogen-bond acceptors (Lipinski definition) is 4. The number of carboxylic acids is 1. The quantitative estimate of drug-likeness (QED) is 0.734. The van der Waals surface area contributed by atoms with Crippen LogP contribution < -0.4 is 9.41 Å². The van der Waals surface area contributed by atoms with Crippen LogP contribution in [0.2, 0.25) is 0 Å². The van der Waals surface area contributed by atoms with Crippen LogP contribution in [-0.2, 0) is 22.7 Å². The second-order valence-electron chi connectivity index (χ2n) is 5.38. The van der Waals surface area contributed by atoms with E-state index >= 15 is 0 Å². The molecule has 0 unspecified atom stereocenters. The molecule has 26 heavy (non-hydrogen) atoms. The van der Waals surface area contributed by atoms with Gasteiger partial charge in [-0.3, -0.25) is 4.31 Å². The van der Waals surface area contributed by atoms with Crippen LogP contribution in [0.25, 0.3) is 0 Å². The minimum absolute atomic E-state index is 0.294. The summed E-state index contributed by atoms with van der Waals surface area (Å²) in [5.74, 6) is -2.72. The first-order valence-corrected chi connectivity index (χ1v) is 8.90. The van der Waals surface area contributed by atoms with E-state index in [1.807, 2.05) is 0 Å². The van der Waals surface area contributed by atoms with Gasteiger partial charge in [0.15, 0.2) is 0 Å². The zero-order valence-corrected chi connectivity index (χ0v) is 14.1. The molecule has 0 amide bonds. The van der Waals surface area contributed by atoms with Crippen LogP contribution in [0.15, 0.2) is 42.5 Å². The summed E-state index contributed by atoms with van der Waals surface area (Å²) >= 11 is 0. The fraction of sp³-hybridized carbons (Fsp3) is 0.188. The SMILES string of the molecule is CS(=O)(=O)N(Cc1ccc(C(=O)[O-])cc1F)c1ccccc1C(F)(F)F. The van der Waals surface area contributed by atoms with Gasteiger partial charge >= 0.3 is 6.18 Å². The predicted molar refractivity (Wildman–Crippen MR) is 83.2 cm³/mol. The molecule has 2 aromatic carbocycles. The summed E-state index contributed by atoms with van der Waals surface area (Å²) in [6, 6.07) is 6.56. The molecule has 0 aliphatic carbocycles. The molecule has 0 radical (unpaired) electrons. The molecule has 2 rings (SSSR count). The average Bonchev–Trinajstić information content (AvgIpc) is 2.51. The lowest BCUT2D eigenvalue weighted by molar-refractivity contribution is -0.255. The Kier molecular flexibility index (Phi) is 5.26. The molecule has 5 nitrogen and oxygen atoms in total. The third kappa shape index (κ3) is 4.31. The van der Waals surface area contributed by atoms with Gasteiger partial charge in [-0.25, -0.2) is 12.8 Å². The van der Waals surface area contributed by atoms with Gasteiger partial charge in [0.05, 0.1) is 30.0 Å². The first kappa shape index (κ1) is 19.7. The standard InChI is InChI=1S/C16H13F4NO4S/c1-26(24,25)21(14-5-3-2-4-12(14)16(18,19)20)9-11-7-6-10(15(22)23)8-13(11)17/h2-8H,9H2,1H3,(H,22,23)/p-1. The Morgan fingerprint density at radius 1 is 1.15 bits per heavy atom. The lowest BCUT2D eigenvalue weighted by Crippen LogP contribution is -2.31. The molecule has 0 fully saturated rings. The van der Waals surface area contributed by atoms with Gasteiger partial charge in [0, 0.05) is 11.1 Å². The van der Waals surface area contributed by atoms with Gasteiger partial charge in [0.2, 0.25) is 10.0 Å². The minimum atomic E-state index is -4.82. The Morgan fingerprint density at radius 3 is 2.27 bits per heavy atom. The van der Waals surface area contributed by atoms with E-state index < -0.39 is 51.3 Å². The molecule has 0 saturated heterocycles. The van der Waals surface area contributed by atoms with E-state index in [-0.39, 0.29) is 5.56 Å². The van der Waals surface area contributed by atoms with E-state index in [0.29, 0.717) is 22.7 Å². The third-order valence-electron chi connectivity index (χ3n) is 3.48. The van der Waals surface area contributed by atoms with Gasteiger partial charge in [0.25, 0.3) is 0 Å². The van der Waals surface area contributed by atoms with Crippen LogP contribution in [0, 0.1) is 5.82 Å². The third-order valence-corrected chi connectivity index (χ3v) is 4.61. The largest absolute Gasteiger partial charge is 0.545 e. The molecule has 0 aliphatic rings. The summed E-state index contributed by atoms with van der Waals surface area (Å²) in [7, 11) is -4.20. The Labute approximate surface area is 146 Å². The van der Waals surface area contributed by atoms with E-state index in [1.54, 1.807) is 0 Å². The first-order chi connectivity index (χ1) is 11.9. The summed E-state index contributed by atoms with van der Waals surface area (Å²) in [5, 5.41) is 10.7. The Bertz CT molecular complexity index is 942. The Balaban J connectivity index is 2.55. The fourth-order valence-electron chi connectivity index (χ4n) is 2.27. The number of carbonyl (C=O) groups excluding carboxylic acids is 1. The maximum absolute atomic E-state index is 14.1. The smallest absolute Gasteiger partial charge is 0.418 e. The van der Waals surface area contributed by atoms with Crippen molar-refractivity contribution in [2.75, 3.05) is 10.6 Å². The van der Waals surface area contributed by atoms with Crippen molar-refractivity contribution in [3.63, 3.8) is 0 Å². The van der Waals surface area contributed by atoms with Crippen molar-refractivity contribution in [2.45, 2.75) is 12.7 Å². The molecule has 2 aromatic rings. The van der Waals surface area contributed by atoms with Crippen molar-refractivity contribution in [2.24, 2.45) is 0 Å². The number of nitrogens with zero attached hydrogens (tertiary/aromatic N) is 1. The van der Waals surface area contributed by atoms with Crippen LogP contribution in [0.4, 0.5) is 23.2 Å². The number of halogens is 4. The van der Waals surface area contributed by atoms with Gasteiger partial charge in [-0.1, -0.05) is 24.3 Å². The van der Waals surface area contributed by atoms with Crippen molar-refractivity contribution in [1.29, 1.82) is 0 Å². The highest BCUT2D eigenvalue weighted by molar-refractivity contribution is 7.92. The molecule has 0 heterocycles. The van der Waals surface area contributed by atoms with Crippen molar-refractivity contribution >= 4 is 21.7 Å². The van der Waals surface area contributed by atoms with E-state index in [4.69, 9.17) is 0 Å². The second-order valence-corrected chi connectivity index (χ2v) is 7.29. The van der Waals surface area contributed by atoms with Gasteiger partial charge < -0.3 is 9.90 Å². The van der Waals surface area contributed by atoms with Gasteiger partial charge in [-0.2, -0.15) is 13.2 Å². The maximum atomic E-state index is 14.1. The number of alkyl halides is 3. The molecule has 0 N–H and O–H groups in total. The number of para-hydroxylation sites is 1. The first-order valence-electron chi connectivity index (χ1n) is 7.05.